The van der Waals surface area contributed by atoms with Gasteiger partial charge in [0.25, 0.3) is 11.7 Å². The highest BCUT2D eigenvalue weighted by molar-refractivity contribution is 5.91. The Morgan fingerprint density at radius 2 is 2.30 bits per heavy atom. The number of H-pyrrole nitrogens is 1. The summed E-state index contributed by atoms with van der Waals surface area (Å²) < 4.78 is 1.52. The molecule has 2 N–H and O–H groups in total. The van der Waals surface area contributed by atoms with Crippen molar-refractivity contribution in [3.8, 4) is 0 Å². The Labute approximate surface area is 113 Å². The molecule has 0 aliphatic rings. The van der Waals surface area contributed by atoms with Crippen LogP contribution in [0.4, 0.5) is 0 Å². The van der Waals surface area contributed by atoms with Crippen LogP contribution in [0.2, 0.25) is 0 Å². The number of carbonyl (C=O) groups is 1. The van der Waals surface area contributed by atoms with E-state index in [-0.39, 0.29) is 17.8 Å². The minimum Gasteiger partial charge on any atom is -0.340 e. The Bertz CT molecular complexity index is 747. The van der Waals surface area contributed by atoms with Gasteiger partial charge >= 0.3 is 0 Å². The number of hydrogen-bond donors (Lipinski definition) is 2. The lowest BCUT2D eigenvalue weighted by molar-refractivity contribution is 0.0928. The van der Waals surface area contributed by atoms with E-state index < -0.39 is 0 Å². The van der Waals surface area contributed by atoms with Gasteiger partial charge in [0.2, 0.25) is 5.82 Å². The summed E-state index contributed by atoms with van der Waals surface area (Å²) in [6.45, 7) is 3.65. The molecule has 0 bridgehead atoms. The van der Waals surface area contributed by atoms with E-state index in [2.05, 4.69) is 35.6 Å². The Kier molecular flexibility index (Phi) is 2.86. The molecule has 20 heavy (non-hydrogen) atoms. The maximum absolute atomic E-state index is 12.1. The summed E-state index contributed by atoms with van der Waals surface area (Å²) in [5, 5.41) is 13.3. The molecule has 1 unspecified atom stereocenters. The lowest BCUT2D eigenvalue weighted by Crippen LogP contribution is -2.28. The number of amides is 1. The highest BCUT2D eigenvalue weighted by atomic mass is 16.2. The fourth-order valence-corrected chi connectivity index (χ4v) is 1.76. The van der Waals surface area contributed by atoms with E-state index in [1.165, 1.54) is 10.8 Å². The summed E-state index contributed by atoms with van der Waals surface area (Å²) in [5.41, 5.74) is 0.852. The lowest BCUT2D eigenvalue weighted by Gasteiger charge is -2.08. The molecular formula is C11H12N8O. The molecule has 0 spiro atoms. The summed E-state index contributed by atoms with van der Waals surface area (Å²) in [5.74, 6) is 0.635. The van der Waals surface area contributed by atoms with Gasteiger partial charge in [-0.1, -0.05) is 0 Å². The topological polar surface area (TPSA) is 114 Å². The molecule has 3 aromatic rings. The molecule has 9 heteroatoms. The van der Waals surface area contributed by atoms with Crippen LogP contribution in [-0.4, -0.2) is 40.7 Å². The number of rotatable bonds is 3. The van der Waals surface area contributed by atoms with Crippen molar-refractivity contribution in [2.45, 2.75) is 19.9 Å². The van der Waals surface area contributed by atoms with Gasteiger partial charge in [-0.05, 0) is 19.9 Å². The first-order valence-electron chi connectivity index (χ1n) is 5.99. The number of fused-ring (bicyclic) bond motifs is 1. The molecule has 0 saturated heterocycles. The van der Waals surface area contributed by atoms with Crippen molar-refractivity contribution < 1.29 is 4.79 Å². The number of aryl methyl sites for hydroxylation is 1. The summed E-state index contributed by atoms with van der Waals surface area (Å²) in [4.78, 5) is 24.2. The monoisotopic (exact) mass is 272 g/mol. The van der Waals surface area contributed by atoms with Gasteiger partial charge in [-0.15, -0.1) is 5.10 Å². The number of aromatic amines is 1. The fourth-order valence-electron chi connectivity index (χ4n) is 1.76. The Morgan fingerprint density at radius 3 is 3.00 bits per heavy atom. The highest BCUT2D eigenvalue weighted by Gasteiger charge is 2.18. The number of nitrogens with one attached hydrogen (secondary N) is 2. The fraction of sp³-hybridized carbons (Fsp3) is 0.273. The summed E-state index contributed by atoms with van der Waals surface area (Å²) in [6, 6.07) is 1.48. The molecule has 0 aliphatic heterocycles. The third-order valence-corrected chi connectivity index (χ3v) is 2.82. The molecule has 0 radical (unpaired) electrons. The van der Waals surface area contributed by atoms with Crippen LogP contribution in [0, 0.1) is 6.92 Å². The number of nitrogens with zero attached hydrogens (tertiary/aromatic N) is 6. The summed E-state index contributed by atoms with van der Waals surface area (Å²) in [6.07, 6.45) is 3.01. The zero-order chi connectivity index (χ0) is 14.1. The third kappa shape index (κ3) is 2.09. The van der Waals surface area contributed by atoms with Gasteiger partial charge in [0.15, 0.2) is 0 Å². The lowest BCUT2D eigenvalue weighted by atomic mass is 10.3. The van der Waals surface area contributed by atoms with E-state index in [0.29, 0.717) is 11.6 Å². The van der Waals surface area contributed by atoms with Gasteiger partial charge in [-0.2, -0.15) is 10.1 Å². The van der Waals surface area contributed by atoms with E-state index in [1.807, 2.05) is 6.92 Å². The molecule has 3 rings (SSSR count). The van der Waals surface area contributed by atoms with Gasteiger partial charge < -0.3 is 5.32 Å². The Balaban J connectivity index is 1.84. The Hall–Kier alpha value is -2.84. The van der Waals surface area contributed by atoms with Gasteiger partial charge in [-0.25, -0.2) is 14.5 Å². The number of aromatic nitrogens is 7. The van der Waals surface area contributed by atoms with Crippen molar-refractivity contribution in [1.82, 2.24) is 40.1 Å². The van der Waals surface area contributed by atoms with E-state index in [0.717, 1.165) is 5.69 Å². The van der Waals surface area contributed by atoms with Crippen LogP contribution >= 0.6 is 0 Å². The second-order valence-corrected chi connectivity index (χ2v) is 4.30. The van der Waals surface area contributed by atoms with E-state index in [4.69, 9.17) is 0 Å². The van der Waals surface area contributed by atoms with Crippen molar-refractivity contribution in [1.29, 1.82) is 0 Å². The average molecular weight is 272 g/mol. The second kappa shape index (κ2) is 4.68. The molecular weight excluding hydrogens is 260 g/mol. The highest BCUT2D eigenvalue weighted by Crippen LogP contribution is 2.06. The number of hydrogen-bond acceptors (Lipinski definition) is 6. The standard InChI is InChI=1S/C11H12N8O/c1-6-3-4-12-11-16-9(18-19(6)11)10(20)15-7(2)8-13-5-14-17-8/h3-5,7H,1-2H3,(H,15,20)(H,13,14,17). The van der Waals surface area contributed by atoms with Crippen molar-refractivity contribution in [2.75, 3.05) is 0 Å². The van der Waals surface area contributed by atoms with E-state index >= 15 is 0 Å². The van der Waals surface area contributed by atoms with Crippen molar-refractivity contribution in [2.24, 2.45) is 0 Å². The van der Waals surface area contributed by atoms with Crippen LogP contribution in [0.5, 0.6) is 0 Å². The van der Waals surface area contributed by atoms with Crippen molar-refractivity contribution >= 4 is 11.7 Å². The molecule has 3 aromatic heterocycles. The normalized spacial score (nSPS) is 12.5. The molecule has 0 saturated carbocycles. The first-order chi connectivity index (χ1) is 9.65. The zero-order valence-corrected chi connectivity index (χ0v) is 10.9. The minimum atomic E-state index is -0.390. The van der Waals surface area contributed by atoms with Gasteiger partial charge in [0, 0.05) is 11.9 Å². The molecule has 1 amide bonds. The molecule has 1 atom stereocenters. The van der Waals surface area contributed by atoms with E-state index in [1.54, 1.807) is 19.2 Å². The van der Waals surface area contributed by atoms with Crippen molar-refractivity contribution in [3.05, 3.63) is 35.9 Å². The Morgan fingerprint density at radius 1 is 1.45 bits per heavy atom. The molecule has 9 nitrogen and oxygen atoms in total. The van der Waals surface area contributed by atoms with Crippen LogP contribution < -0.4 is 5.32 Å². The first kappa shape index (κ1) is 12.2. The van der Waals surface area contributed by atoms with Gasteiger partial charge in [-0.3, -0.25) is 9.89 Å². The summed E-state index contributed by atoms with van der Waals surface area (Å²) >= 11 is 0. The smallest absolute Gasteiger partial charge is 0.291 e. The molecule has 0 fully saturated rings. The maximum Gasteiger partial charge on any atom is 0.291 e. The second-order valence-electron chi connectivity index (χ2n) is 4.30. The van der Waals surface area contributed by atoms with Crippen molar-refractivity contribution in [3.63, 3.8) is 0 Å². The maximum atomic E-state index is 12.1. The van der Waals surface area contributed by atoms with Crippen LogP contribution in [0.1, 0.15) is 35.1 Å². The predicted molar refractivity (Wildman–Crippen MR) is 67.8 cm³/mol. The van der Waals surface area contributed by atoms with Gasteiger partial charge in [0.1, 0.15) is 12.2 Å². The minimum absolute atomic E-state index is 0.0677. The first-order valence-corrected chi connectivity index (χ1v) is 5.99. The van der Waals surface area contributed by atoms with Crippen LogP contribution in [0.3, 0.4) is 0 Å². The quantitative estimate of drug-likeness (QED) is 0.696. The average Bonchev–Trinajstić information content (AvgIpc) is 3.08. The van der Waals surface area contributed by atoms with Gasteiger partial charge in [0.05, 0.1) is 6.04 Å². The SMILES string of the molecule is Cc1ccnc2nc(C(=O)NC(C)c3ncn[nH]3)nn12. The molecule has 102 valence electrons. The van der Waals surface area contributed by atoms with E-state index in [9.17, 15) is 4.79 Å². The molecule has 3 heterocycles. The molecule has 0 aliphatic carbocycles. The van der Waals surface area contributed by atoms with Crippen LogP contribution in [0.25, 0.3) is 5.78 Å². The number of carbonyl (C=O) groups excluding carboxylic acids is 1. The summed E-state index contributed by atoms with van der Waals surface area (Å²) in [7, 11) is 0. The third-order valence-electron chi connectivity index (χ3n) is 2.82. The largest absolute Gasteiger partial charge is 0.340 e. The zero-order valence-electron chi connectivity index (χ0n) is 10.9. The molecule has 0 aromatic carbocycles. The predicted octanol–water partition coefficient (Wildman–Crippen LogP) is 0.0418. The van der Waals surface area contributed by atoms with Crippen LogP contribution in [0.15, 0.2) is 18.6 Å². The van der Waals surface area contributed by atoms with Crippen LogP contribution in [-0.2, 0) is 0 Å².